The minimum atomic E-state index is 0.404. The lowest BCUT2D eigenvalue weighted by Crippen LogP contribution is -2.00. The highest BCUT2D eigenvalue weighted by Gasteiger charge is 2.13. The van der Waals surface area contributed by atoms with Gasteiger partial charge in [-0.1, -0.05) is 43.1 Å². The Balaban J connectivity index is 2.49. The van der Waals surface area contributed by atoms with Crippen LogP contribution in [0, 0.1) is 5.92 Å². The quantitative estimate of drug-likeness (QED) is 0.754. The molecule has 0 radical (unpaired) electrons. The maximum absolute atomic E-state index is 6.32. The second kappa shape index (κ2) is 6.27. The maximum atomic E-state index is 6.32. The molecule has 0 saturated heterocycles. The Hall–Kier alpha value is -1.25. The van der Waals surface area contributed by atoms with E-state index in [1.54, 1.807) is 18.6 Å². The van der Waals surface area contributed by atoms with Crippen molar-refractivity contribution in [1.29, 1.82) is 0 Å². The number of imidazole rings is 1. The molecule has 2 aromatic rings. The van der Waals surface area contributed by atoms with Crippen molar-refractivity contribution in [3.8, 4) is 0 Å². The fourth-order valence-electron chi connectivity index (χ4n) is 1.91. The first-order valence-electron chi connectivity index (χ1n) is 6.26. The van der Waals surface area contributed by atoms with Gasteiger partial charge in [0.2, 0.25) is 0 Å². The predicted molar refractivity (Wildman–Crippen MR) is 82.3 cm³/mol. The van der Waals surface area contributed by atoms with Crippen molar-refractivity contribution in [2.45, 2.75) is 20.3 Å². The molecule has 1 atom stereocenters. The third-order valence-electron chi connectivity index (χ3n) is 3.20. The SMILES string of the molecule is CCC(C)/C(=C/n1ccnc1)c1ccc(Cl)cc1Cl. The average Bonchev–Trinajstić information content (AvgIpc) is 2.89. The van der Waals surface area contributed by atoms with Crippen LogP contribution in [0.2, 0.25) is 10.0 Å². The van der Waals surface area contributed by atoms with Crippen LogP contribution in [0.5, 0.6) is 0 Å². The number of benzene rings is 1. The molecule has 2 rings (SSSR count). The van der Waals surface area contributed by atoms with Gasteiger partial charge >= 0.3 is 0 Å². The molecule has 1 heterocycles. The molecule has 0 fully saturated rings. The van der Waals surface area contributed by atoms with Crippen LogP contribution in [0.25, 0.3) is 11.8 Å². The average molecular weight is 295 g/mol. The van der Waals surface area contributed by atoms with Crippen LogP contribution in [0.3, 0.4) is 0 Å². The zero-order valence-electron chi connectivity index (χ0n) is 11.0. The first-order chi connectivity index (χ1) is 9.11. The highest BCUT2D eigenvalue weighted by molar-refractivity contribution is 6.35. The smallest absolute Gasteiger partial charge is 0.0986 e. The second-order valence-electron chi connectivity index (χ2n) is 4.53. The summed E-state index contributed by atoms with van der Waals surface area (Å²) < 4.78 is 1.94. The summed E-state index contributed by atoms with van der Waals surface area (Å²) >= 11 is 12.3. The predicted octanol–water partition coefficient (Wildman–Crippen LogP) is 5.23. The summed E-state index contributed by atoms with van der Waals surface area (Å²) in [6.45, 7) is 4.35. The molecule has 0 N–H and O–H groups in total. The fraction of sp³-hybridized carbons (Fsp3) is 0.267. The summed E-state index contributed by atoms with van der Waals surface area (Å²) in [5.74, 6) is 0.404. The lowest BCUT2D eigenvalue weighted by Gasteiger charge is -2.16. The van der Waals surface area contributed by atoms with Gasteiger partial charge in [0.15, 0.2) is 0 Å². The van der Waals surface area contributed by atoms with Gasteiger partial charge in [0.1, 0.15) is 0 Å². The molecule has 0 spiro atoms. The summed E-state index contributed by atoms with van der Waals surface area (Å²) in [4.78, 5) is 4.05. The van der Waals surface area contributed by atoms with Crippen LogP contribution in [0.1, 0.15) is 25.8 Å². The molecule has 1 aromatic heterocycles. The summed E-state index contributed by atoms with van der Waals surface area (Å²) in [6.07, 6.45) is 8.54. The largest absolute Gasteiger partial charge is 0.313 e. The van der Waals surface area contributed by atoms with Crippen LogP contribution in [0.4, 0.5) is 0 Å². The van der Waals surface area contributed by atoms with Crippen molar-refractivity contribution in [3.05, 3.63) is 52.5 Å². The van der Waals surface area contributed by atoms with Gasteiger partial charge < -0.3 is 4.57 Å². The van der Waals surface area contributed by atoms with E-state index in [9.17, 15) is 0 Å². The normalized spacial score (nSPS) is 13.6. The van der Waals surface area contributed by atoms with E-state index in [1.807, 2.05) is 22.9 Å². The van der Waals surface area contributed by atoms with E-state index in [1.165, 1.54) is 5.57 Å². The molecule has 2 nitrogen and oxygen atoms in total. The van der Waals surface area contributed by atoms with Crippen molar-refractivity contribution < 1.29 is 0 Å². The molecule has 19 heavy (non-hydrogen) atoms. The van der Waals surface area contributed by atoms with Crippen molar-refractivity contribution in [2.75, 3.05) is 0 Å². The molecule has 0 aliphatic rings. The minimum absolute atomic E-state index is 0.404. The second-order valence-corrected chi connectivity index (χ2v) is 5.37. The van der Waals surface area contributed by atoms with Crippen LogP contribution >= 0.6 is 23.2 Å². The number of hydrogen-bond acceptors (Lipinski definition) is 1. The molecular weight excluding hydrogens is 279 g/mol. The number of allylic oxidation sites excluding steroid dienone is 1. The zero-order chi connectivity index (χ0) is 13.8. The number of halogens is 2. The van der Waals surface area contributed by atoms with Gasteiger partial charge in [0, 0.05) is 28.6 Å². The summed E-state index contributed by atoms with van der Waals surface area (Å²) in [5, 5.41) is 1.33. The van der Waals surface area contributed by atoms with E-state index in [2.05, 4.69) is 25.0 Å². The Morgan fingerprint density at radius 3 is 2.79 bits per heavy atom. The molecule has 0 amide bonds. The standard InChI is InChI=1S/C15H16Cl2N2/c1-3-11(2)14(9-19-7-6-18-10-19)13-5-4-12(16)8-15(13)17/h4-11H,3H2,1-2H3/b14-9-. The first kappa shape index (κ1) is 14.2. The lowest BCUT2D eigenvalue weighted by molar-refractivity contribution is 0.718. The third kappa shape index (κ3) is 3.40. The Labute approximate surface area is 123 Å². The van der Waals surface area contributed by atoms with E-state index in [-0.39, 0.29) is 0 Å². The number of nitrogens with zero attached hydrogens (tertiary/aromatic N) is 2. The highest BCUT2D eigenvalue weighted by atomic mass is 35.5. The van der Waals surface area contributed by atoms with Gasteiger partial charge in [-0.05, 0) is 35.6 Å². The Morgan fingerprint density at radius 1 is 1.42 bits per heavy atom. The minimum Gasteiger partial charge on any atom is -0.313 e. The topological polar surface area (TPSA) is 17.8 Å². The van der Waals surface area contributed by atoms with E-state index in [0.717, 1.165) is 12.0 Å². The zero-order valence-corrected chi connectivity index (χ0v) is 12.5. The van der Waals surface area contributed by atoms with Crippen molar-refractivity contribution in [1.82, 2.24) is 9.55 Å². The number of rotatable bonds is 4. The van der Waals surface area contributed by atoms with Crippen molar-refractivity contribution in [3.63, 3.8) is 0 Å². The van der Waals surface area contributed by atoms with Gasteiger partial charge in [0.25, 0.3) is 0 Å². The van der Waals surface area contributed by atoms with Crippen LogP contribution in [-0.2, 0) is 0 Å². The third-order valence-corrected chi connectivity index (χ3v) is 3.75. The van der Waals surface area contributed by atoms with E-state index >= 15 is 0 Å². The highest BCUT2D eigenvalue weighted by Crippen LogP contribution is 2.33. The Bertz CT molecular complexity index is 574. The number of aromatic nitrogens is 2. The number of hydrogen-bond donors (Lipinski definition) is 0. The summed E-state index contributed by atoms with van der Waals surface area (Å²) in [6, 6.07) is 5.62. The Morgan fingerprint density at radius 2 is 2.21 bits per heavy atom. The van der Waals surface area contributed by atoms with Gasteiger partial charge in [-0.2, -0.15) is 0 Å². The van der Waals surface area contributed by atoms with E-state index in [0.29, 0.717) is 16.0 Å². The first-order valence-corrected chi connectivity index (χ1v) is 7.02. The van der Waals surface area contributed by atoms with Gasteiger partial charge in [0.05, 0.1) is 6.33 Å². The maximum Gasteiger partial charge on any atom is 0.0986 e. The molecule has 0 aliphatic carbocycles. The molecule has 1 aromatic carbocycles. The van der Waals surface area contributed by atoms with Crippen molar-refractivity contribution >= 4 is 35.0 Å². The van der Waals surface area contributed by atoms with Crippen molar-refractivity contribution in [2.24, 2.45) is 5.92 Å². The molecule has 1 unspecified atom stereocenters. The lowest BCUT2D eigenvalue weighted by atomic mass is 9.92. The summed E-state index contributed by atoms with van der Waals surface area (Å²) in [5.41, 5.74) is 2.20. The molecular formula is C15H16Cl2N2. The summed E-state index contributed by atoms with van der Waals surface area (Å²) in [7, 11) is 0. The van der Waals surface area contributed by atoms with Crippen LogP contribution in [0.15, 0.2) is 36.9 Å². The molecule has 0 aliphatic heterocycles. The van der Waals surface area contributed by atoms with Crippen LogP contribution < -0.4 is 0 Å². The van der Waals surface area contributed by atoms with Gasteiger partial charge in [-0.25, -0.2) is 4.98 Å². The van der Waals surface area contributed by atoms with E-state index in [4.69, 9.17) is 23.2 Å². The van der Waals surface area contributed by atoms with E-state index < -0.39 is 0 Å². The van der Waals surface area contributed by atoms with Gasteiger partial charge in [-0.15, -0.1) is 0 Å². The van der Waals surface area contributed by atoms with Crippen LogP contribution in [-0.4, -0.2) is 9.55 Å². The fourth-order valence-corrected chi connectivity index (χ4v) is 2.43. The molecule has 0 saturated carbocycles. The monoisotopic (exact) mass is 294 g/mol. The molecule has 100 valence electrons. The molecule has 0 bridgehead atoms. The molecule has 4 heteroatoms. The Kier molecular flexibility index (Phi) is 4.67. The van der Waals surface area contributed by atoms with Gasteiger partial charge in [-0.3, -0.25) is 0 Å².